The van der Waals surface area contributed by atoms with Gasteiger partial charge in [-0.1, -0.05) is 62.2 Å². The van der Waals surface area contributed by atoms with Gasteiger partial charge in [-0.25, -0.2) is 4.79 Å². The van der Waals surface area contributed by atoms with Crippen LogP contribution in [0.4, 0.5) is 10.5 Å². The van der Waals surface area contributed by atoms with E-state index in [1.807, 2.05) is 71.9 Å². The maximum Gasteiger partial charge on any atom is 0.408 e. The average Bonchev–Trinajstić information content (AvgIpc) is 2.83. The number of carbonyl (C=O) groups excluding carboxylic acids is 3. The van der Waals surface area contributed by atoms with Gasteiger partial charge in [-0.15, -0.1) is 0 Å². The zero-order chi connectivity index (χ0) is 28.8. The van der Waals surface area contributed by atoms with Gasteiger partial charge >= 0.3 is 6.09 Å². The van der Waals surface area contributed by atoms with Crippen molar-refractivity contribution in [2.45, 2.75) is 86.4 Å². The first-order valence-corrected chi connectivity index (χ1v) is 13.5. The number of para-hydroxylation sites is 1. The van der Waals surface area contributed by atoms with Crippen LogP contribution in [-0.4, -0.2) is 41.0 Å². The number of nitrogens with zero attached hydrogens (tertiary/aromatic N) is 1. The fraction of sp³-hybridized carbons (Fsp3) is 0.500. The van der Waals surface area contributed by atoms with Crippen molar-refractivity contribution in [2.75, 3.05) is 11.9 Å². The average molecular weight is 544 g/mol. The van der Waals surface area contributed by atoms with E-state index in [1.165, 1.54) is 4.90 Å². The van der Waals surface area contributed by atoms with Crippen LogP contribution >= 0.6 is 11.6 Å². The molecule has 0 spiro atoms. The molecule has 0 radical (unpaired) electrons. The molecule has 2 aromatic carbocycles. The Morgan fingerprint density at radius 2 is 1.66 bits per heavy atom. The monoisotopic (exact) mass is 543 g/mol. The molecule has 2 rings (SSSR count). The van der Waals surface area contributed by atoms with Gasteiger partial charge < -0.3 is 20.3 Å². The molecule has 3 unspecified atom stereocenters. The minimum Gasteiger partial charge on any atom is -0.444 e. The third-order valence-electron chi connectivity index (χ3n) is 6.65. The Bertz CT molecular complexity index is 1140. The van der Waals surface area contributed by atoms with E-state index in [2.05, 4.69) is 10.6 Å². The number of alkyl carbamates (subject to hydrolysis) is 1. The Balaban J connectivity index is 2.55. The summed E-state index contributed by atoms with van der Waals surface area (Å²) >= 11 is 6.41. The summed E-state index contributed by atoms with van der Waals surface area (Å²) in [4.78, 5) is 42.2. The van der Waals surface area contributed by atoms with Crippen molar-refractivity contribution in [3.63, 3.8) is 0 Å². The van der Waals surface area contributed by atoms with Gasteiger partial charge in [0, 0.05) is 6.54 Å². The summed E-state index contributed by atoms with van der Waals surface area (Å²) in [7, 11) is 0. The molecule has 2 aromatic rings. The van der Waals surface area contributed by atoms with Gasteiger partial charge in [0.1, 0.15) is 17.7 Å². The smallest absolute Gasteiger partial charge is 0.408 e. The Hall–Kier alpha value is -3.06. The second kappa shape index (κ2) is 13.1. The molecule has 0 fully saturated rings. The number of aryl methyl sites for hydroxylation is 3. The Morgan fingerprint density at radius 3 is 2.18 bits per heavy atom. The van der Waals surface area contributed by atoms with Crippen LogP contribution in [0.15, 0.2) is 36.4 Å². The van der Waals surface area contributed by atoms with Crippen molar-refractivity contribution in [2.24, 2.45) is 5.92 Å². The second-order valence-electron chi connectivity index (χ2n) is 10.8. The number of anilines is 1. The lowest BCUT2D eigenvalue weighted by molar-refractivity contribution is -0.141. The maximum atomic E-state index is 14.1. The molecular formula is C30H42ClN3O4. The predicted octanol–water partition coefficient (Wildman–Crippen LogP) is 6.73. The quantitative estimate of drug-likeness (QED) is 0.367. The number of carbonyl (C=O) groups is 3. The lowest BCUT2D eigenvalue weighted by Gasteiger charge is -2.35. The van der Waals surface area contributed by atoms with Crippen molar-refractivity contribution in [1.82, 2.24) is 10.2 Å². The highest BCUT2D eigenvalue weighted by Crippen LogP contribution is 2.30. The molecule has 0 saturated heterocycles. The molecule has 3 atom stereocenters. The Kier molecular flexibility index (Phi) is 10.8. The second-order valence-corrected chi connectivity index (χ2v) is 11.2. The number of hydrogen-bond donors (Lipinski definition) is 2. The number of likely N-dealkylation sites (N-methyl/N-ethyl adjacent to an activating group) is 1. The summed E-state index contributed by atoms with van der Waals surface area (Å²) in [6.45, 7) is 17.0. The summed E-state index contributed by atoms with van der Waals surface area (Å²) in [5.74, 6) is -0.944. The lowest BCUT2D eigenvalue weighted by Crippen LogP contribution is -2.54. The molecule has 7 nitrogen and oxygen atoms in total. The van der Waals surface area contributed by atoms with Gasteiger partial charge in [0.15, 0.2) is 0 Å². The first-order chi connectivity index (χ1) is 17.7. The highest BCUT2D eigenvalue weighted by molar-refractivity contribution is 6.34. The minimum absolute atomic E-state index is 0.196. The van der Waals surface area contributed by atoms with Crippen LogP contribution in [-0.2, 0) is 14.3 Å². The normalized spacial score (nSPS) is 13.7. The summed E-state index contributed by atoms with van der Waals surface area (Å²) in [5, 5.41) is 6.14. The van der Waals surface area contributed by atoms with Gasteiger partial charge in [0.05, 0.1) is 10.7 Å². The molecule has 8 heteroatoms. The zero-order valence-electron chi connectivity index (χ0n) is 24.1. The van der Waals surface area contributed by atoms with Gasteiger partial charge in [-0.2, -0.15) is 0 Å². The highest BCUT2D eigenvalue weighted by atomic mass is 35.5. The van der Waals surface area contributed by atoms with E-state index in [-0.39, 0.29) is 24.3 Å². The topological polar surface area (TPSA) is 87.7 Å². The number of halogens is 1. The summed E-state index contributed by atoms with van der Waals surface area (Å²) in [6.07, 6.45) is -0.0330. The first-order valence-electron chi connectivity index (χ1n) is 13.1. The maximum absolute atomic E-state index is 14.1. The van der Waals surface area contributed by atoms with Crippen LogP contribution < -0.4 is 10.6 Å². The number of amides is 3. The molecule has 3 amide bonds. The van der Waals surface area contributed by atoms with E-state index in [4.69, 9.17) is 16.3 Å². The molecule has 0 heterocycles. The van der Waals surface area contributed by atoms with Crippen LogP contribution in [0.1, 0.15) is 76.3 Å². The number of hydrogen-bond acceptors (Lipinski definition) is 4. The van der Waals surface area contributed by atoms with Gasteiger partial charge in [0.25, 0.3) is 5.91 Å². The Morgan fingerprint density at radius 1 is 1.00 bits per heavy atom. The molecule has 0 aromatic heterocycles. The minimum atomic E-state index is -0.950. The van der Waals surface area contributed by atoms with Crippen molar-refractivity contribution < 1.29 is 19.1 Å². The third-order valence-corrected chi connectivity index (χ3v) is 6.97. The number of rotatable bonds is 9. The molecule has 38 heavy (non-hydrogen) atoms. The van der Waals surface area contributed by atoms with Crippen LogP contribution in [0.5, 0.6) is 0 Å². The van der Waals surface area contributed by atoms with E-state index < -0.39 is 23.8 Å². The molecule has 0 saturated carbocycles. The van der Waals surface area contributed by atoms with Crippen LogP contribution in [0.3, 0.4) is 0 Å². The third kappa shape index (κ3) is 7.97. The molecule has 208 valence electrons. The molecule has 0 aliphatic rings. The summed E-state index contributed by atoms with van der Waals surface area (Å²) in [6, 6.07) is 9.29. The highest BCUT2D eigenvalue weighted by Gasteiger charge is 2.37. The van der Waals surface area contributed by atoms with E-state index in [1.54, 1.807) is 26.8 Å². The largest absolute Gasteiger partial charge is 0.444 e. The van der Waals surface area contributed by atoms with E-state index in [0.717, 1.165) is 16.7 Å². The molecule has 0 bridgehead atoms. The van der Waals surface area contributed by atoms with E-state index >= 15 is 0 Å². The molecule has 0 aliphatic heterocycles. The van der Waals surface area contributed by atoms with Gasteiger partial charge in [-0.05, 0) is 82.7 Å². The van der Waals surface area contributed by atoms with E-state index in [0.29, 0.717) is 22.7 Å². The summed E-state index contributed by atoms with van der Waals surface area (Å²) < 4.78 is 5.44. The fourth-order valence-electron chi connectivity index (χ4n) is 4.15. The van der Waals surface area contributed by atoms with Crippen molar-refractivity contribution in [3.05, 3.63) is 63.7 Å². The van der Waals surface area contributed by atoms with Crippen LogP contribution in [0.25, 0.3) is 0 Å². The van der Waals surface area contributed by atoms with Gasteiger partial charge in [-0.3, -0.25) is 9.59 Å². The zero-order valence-corrected chi connectivity index (χ0v) is 24.8. The van der Waals surface area contributed by atoms with Crippen LogP contribution in [0, 0.1) is 26.7 Å². The molecule has 0 aliphatic carbocycles. The fourth-order valence-corrected chi connectivity index (χ4v) is 4.42. The first kappa shape index (κ1) is 31.2. The SMILES string of the molecule is CCC(C)C(NC(=O)OC(C)(C)C)C(=O)N(CC)C(C(=O)Nc1c(C)cccc1Cl)c1ccc(C)c(C)c1. The number of benzene rings is 2. The molecule has 2 N–H and O–H groups in total. The number of ether oxygens (including phenoxy) is 1. The van der Waals surface area contributed by atoms with Gasteiger partial charge in [0.2, 0.25) is 5.91 Å². The summed E-state index contributed by atoms with van der Waals surface area (Å²) in [5.41, 5.74) is 3.35. The van der Waals surface area contributed by atoms with Crippen LogP contribution in [0.2, 0.25) is 5.02 Å². The van der Waals surface area contributed by atoms with E-state index in [9.17, 15) is 14.4 Å². The van der Waals surface area contributed by atoms with Crippen molar-refractivity contribution in [3.8, 4) is 0 Å². The van der Waals surface area contributed by atoms with Crippen molar-refractivity contribution in [1.29, 1.82) is 0 Å². The number of nitrogens with one attached hydrogen (secondary N) is 2. The van der Waals surface area contributed by atoms with Crippen molar-refractivity contribution >= 4 is 35.2 Å². The predicted molar refractivity (Wildman–Crippen MR) is 153 cm³/mol. The molecular weight excluding hydrogens is 502 g/mol. The Labute approximate surface area is 232 Å². The standard InChI is InChI=1S/C30H42ClN3O4/c1-10-18(3)25(33-29(37)38-30(7,8)9)28(36)34(11-2)26(22-16-15-19(4)21(6)17-22)27(35)32-24-20(5)13-12-14-23(24)31/h12-18,25-26H,10-11H2,1-9H3,(H,32,35)(H,33,37). The lowest BCUT2D eigenvalue weighted by atomic mass is 9.94.